The van der Waals surface area contributed by atoms with Crippen LogP contribution in [0.2, 0.25) is 0 Å². The molecule has 0 aromatic heterocycles. The van der Waals surface area contributed by atoms with Crippen LogP contribution < -0.4 is 10.5 Å². The first kappa shape index (κ1) is 19.9. The number of benzene rings is 1. The fourth-order valence-electron chi connectivity index (χ4n) is 2.64. The highest BCUT2D eigenvalue weighted by molar-refractivity contribution is 7.89. The molecule has 2 rings (SSSR count). The van der Waals surface area contributed by atoms with Crippen LogP contribution in [0.5, 0.6) is 0 Å². The molecule has 0 saturated heterocycles. The molecule has 1 aliphatic carbocycles. The summed E-state index contributed by atoms with van der Waals surface area (Å²) in [6, 6.07) is 5.63. The van der Waals surface area contributed by atoms with E-state index in [9.17, 15) is 13.2 Å². The number of rotatable bonds is 5. The molecule has 0 atom stereocenters. The van der Waals surface area contributed by atoms with Crippen LogP contribution in [0, 0.1) is 0 Å². The van der Waals surface area contributed by atoms with Gasteiger partial charge in [-0.25, -0.2) is 17.9 Å². The summed E-state index contributed by atoms with van der Waals surface area (Å²) in [6.45, 7) is 0.230. The SMILES string of the molecule is COC(=O)c1ccc(S(=O)(=O)NCC2(N)CCCCC2)cc1.Cl. The van der Waals surface area contributed by atoms with E-state index in [0.29, 0.717) is 5.56 Å². The zero-order valence-corrected chi connectivity index (χ0v) is 14.7. The number of nitrogens with two attached hydrogens (primary N) is 1. The zero-order chi connectivity index (χ0) is 16.2. The molecule has 3 N–H and O–H groups in total. The van der Waals surface area contributed by atoms with Gasteiger partial charge in [0.1, 0.15) is 0 Å². The number of hydrogen-bond donors (Lipinski definition) is 2. The number of carbonyl (C=O) groups is 1. The largest absolute Gasteiger partial charge is 0.465 e. The van der Waals surface area contributed by atoms with E-state index in [0.717, 1.165) is 32.1 Å². The molecular weight excluding hydrogens is 340 g/mol. The molecule has 0 aliphatic heterocycles. The molecule has 1 saturated carbocycles. The molecule has 0 heterocycles. The van der Waals surface area contributed by atoms with Gasteiger partial charge >= 0.3 is 5.97 Å². The summed E-state index contributed by atoms with van der Waals surface area (Å²) in [5.74, 6) is -0.500. The van der Waals surface area contributed by atoms with Crippen molar-refractivity contribution in [3.05, 3.63) is 29.8 Å². The zero-order valence-electron chi connectivity index (χ0n) is 13.1. The van der Waals surface area contributed by atoms with Crippen LogP contribution in [0.25, 0.3) is 0 Å². The molecule has 1 aromatic carbocycles. The van der Waals surface area contributed by atoms with Crippen molar-refractivity contribution >= 4 is 28.4 Å². The number of sulfonamides is 1. The fraction of sp³-hybridized carbons (Fsp3) is 0.533. The van der Waals surface area contributed by atoms with Crippen molar-refractivity contribution in [2.45, 2.75) is 42.5 Å². The molecular formula is C15H23ClN2O4S. The van der Waals surface area contributed by atoms with Gasteiger partial charge in [0.15, 0.2) is 0 Å². The second kappa shape index (κ2) is 8.10. The van der Waals surface area contributed by atoms with Crippen LogP contribution >= 0.6 is 12.4 Å². The van der Waals surface area contributed by atoms with Gasteiger partial charge in [-0.1, -0.05) is 19.3 Å². The highest BCUT2D eigenvalue weighted by atomic mass is 35.5. The van der Waals surface area contributed by atoms with Crippen LogP contribution in [0.3, 0.4) is 0 Å². The predicted molar refractivity (Wildman–Crippen MR) is 90.2 cm³/mol. The normalized spacial score (nSPS) is 17.1. The van der Waals surface area contributed by atoms with Crippen molar-refractivity contribution in [1.29, 1.82) is 0 Å². The Hall–Kier alpha value is -1.15. The standard InChI is InChI=1S/C15H22N2O4S.ClH/c1-21-14(18)12-5-7-13(8-6-12)22(19,20)17-11-15(16)9-3-2-4-10-15;/h5-8,17H,2-4,9-11,16H2,1H3;1H. The molecule has 0 bridgehead atoms. The Morgan fingerprint density at radius 2 is 1.78 bits per heavy atom. The summed E-state index contributed by atoms with van der Waals surface area (Å²) in [4.78, 5) is 11.5. The lowest BCUT2D eigenvalue weighted by Crippen LogP contribution is -2.51. The summed E-state index contributed by atoms with van der Waals surface area (Å²) in [7, 11) is -2.35. The molecule has 0 spiro atoms. The Balaban J connectivity index is 0.00000264. The fourth-order valence-corrected chi connectivity index (χ4v) is 3.78. The van der Waals surface area contributed by atoms with Crippen LogP contribution in [0.15, 0.2) is 29.2 Å². The van der Waals surface area contributed by atoms with Gasteiger partial charge in [0.25, 0.3) is 0 Å². The number of nitrogens with one attached hydrogen (secondary N) is 1. The molecule has 8 heteroatoms. The van der Waals surface area contributed by atoms with E-state index in [1.54, 1.807) is 0 Å². The Morgan fingerprint density at radius 3 is 2.30 bits per heavy atom. The number of halogens is 1. The number of methoxy groups -OCH3 is 1. The van der Waals surface area contributed by atoms with Gasteiger partial charge in [-0.3, -0.25) is 0 Å². The summed E-state index contributed by atoms with van der Waals surface area (Å²) >= 11 is 0. The Morgan fingerprint density at radius 1 is 1.22 bits per heavy atom. The minimum absolute atomic E-state index is 0. The topological polar surface area (TPSA) is 98.5 Å². The first-order valence-electron chi connectivity index (χ1n) is 7.33. The monoisotopic (exact) mass is 362 g/mol. The van der Waals surface area contributed by atoms with Gasteiger partial charge in [0.2, 0.25) is 10.0 Å². The summed E-state index contributed by atoms with van der Waals surface area (Å²) < 4.78 is 31.7. The maximum absolute atomic E-state index is 12.3. The second-order valence-corrected chi connectivity index (χ2v) is 7.53. The van der Waals surface area contributed by atoms with Gasteiger partial charge in [0, 0.05) is 12.1 Å². The maximum Gasteiger partial charge on any atom is 0.337 e. The quantitative estimate of drug-likeness (QED) is 0.778. The van der Waals surface area contributed by atoms with Crippen molar-refractivity contribution in [2.75, 3.05) is 13.7 Å². The van der Waals surface area contributed by atoms with E-state index in [1.807, 2.05) is 0 Å². The second-order valence-electron chi connectivity index (χ2n) is 5.76. The molecule has 23 heavy (non-hydrogen) atoms. The Labute approximate surface area is 143 Å². The van der Waals surface area contributed by atoms with Crippen molar-refractivity contribution in [2.24, 2.45) is 5.73 Å². The molecule has 6 nitrogen and oxygen atoms in total. The average molecular weight is 363 g/mol. The van der Waals surface area contributed by atoms with E-state index < -0.39 is 21.5 Å². The molecule has 0 unspecified atom stereocenters. The lowest BCUT2D eigenvalue weighted by molar-refractivity contribution is 0.0600. The molecule has 1 aromatic rings. The van der Waals surface area contributed by atoms with E-state index in [-0.39, 0.29) is 23.8 Å². The third-order valence-corrected chi connectivity index (χ3v) is 5.47. The minimum atomic E-state index is -3.63. The van der Waals surface area contributed by atoms with Gasteiger partial charge < -0.3 is 10.5 Å². The van der Waals surface area contributed by atoms with Crippen LogP contribution in [0.1, 0.15) is 42.5 Å². The van der Waals surface area contributed by atoms with E-state index in [4.69, 9.17) is 5.73 Å². The number of hydrogen-bond acceptors (Lipinski definition) is 5. The van der Waals surface area contributed by atoms with Crippen LogP contribution in [-0.2, 0) is 14.8 Å². The van der Waals surface area contributed by atoms with Crippen molar-refractivity contribution in [1.82, 2.24) is 4.72 Å². The molecule has 0 radical (unpaired) electrons. The van der Waals surface area contributed by atoms with Crippen LogP contribution in [-0.4, -0.2) is 33.6 Å². The lowest BCUT2D eigenvalue weighted by atomic mass is 9.83. The molecule has 0 amide bonds. The predicted octanol–water partition coefficient (Wildman–Crippen LogP) is 1.83. The smallest absolute Gasteiger partial charge is 0.337 e. The number of carbonyl (C=O) groups excluding carboxylic acids is 1. The lowest BCUT2D eigenvalue weighted by Gasteiger charge is -2.33. The third-order valence-electron chi connectivity index (χ3n) is 4.05. The highest BCUT2D eigenvalue weighted by Crippen LogP contribution is 2.25. The van der Waals surface area contributed by atoms with E-state index in [1.165, 1.54) is 31.4 Å². The third kappa shape index (κ3) is 5.17. The number of ether oxygens (including phenoxy) is 1. The molecule has 1 aliphatic rings. The van der Waals surface area contributed by atoms with Gasteiger partial charge in [-0.05, 0) is 37.1 Å². The van der Waals surface area contributed by atoms with Gasteiger partial charge in [-0.2, -0.15) is 0 Å². The van der Waals surface area contributed by atoms with E-state index >= 15 is 0 Å². The van der Waals surface area contributed by atoms with Crippen molar-refractivity contribution < 1.29 is 17.9 Å². The average Bonchev–Trinajstić information content (AvgIpc) is 2.53. The first-order valence-corrected chi connectivity index (χ1v) is 8.82. The van der Waals surface area contributed by atoms with Gasteiger partial charge in [-0.15, -0.1) is 12.4 Å². The van der Waals surface area contributed by atoms with E-state index in [2.05, 4.69) is 9.46 Å². The highest BCUT2D eigenvalue weighted by Gasteiger charge is 2.29. The summed E-state index contributed by atoms with van der Waals surface area (Å²) in [5.41, 5.74) is 6.09. The Kier molecular flexibility index (Phi) is 7.01. The van der Waals surface area contributed by atoms with Crippen molar-refractivity contribution in [3.8, 4) is 0 Å². The van der Waals surface area contributed by atoms with Gasteiger partial charge in [0.05, 0.1) is 17.6 Å². The molecule has 1 fully saturated rings. The summed E-state index contributed by atoms with van der Waals surface area (Å²) in [5, 5.41) is 0. The molecule has 130 valence electrons. The first-order chi connectivity index (χ1) is 10.4. The summed E-state index contributed by atoms with van der Waals surface area (Å²) in [6.07, 6.45) is 4.88. The minimum Gasteiger partial charge on any atom is -0.465 e. The number of esters is 1. The van der Waals surface area contributed by atoms with Crippen molar-refractivity contribution in [3.63, 3.8) is 0 Å². The maximum atomic E-state index is 12.3. The van der Waals surface area contributed by atoms with Crippen LogP contribution in [0.4, 0.5) is 0 Å². The Bertz CT molecular complexity index is 625.